The number of carbonyl (C=O) groups is 2. The van der Waals surface area contributed by atoms with Crippen LogP contribution < -0.4 is 5.32 Å². The molecule has 0 saturated carbocycles. The lowest BCUT2D eigenvalue weighted by molar-refractivity contribution is -0.131. The van der Waals surface area contributed by atoms with Gasteiger partial charge in [0.05, 0.1) is 6.04 Å². The summed E-state index contributed by atoms with van der Waals surface area (Å²) in [5.41, 5.74) is 1.61. The molecule has 0 unspecified atom stereocenters. The van der Waals surface area contributed by atoms with Gasteiger partial charge in [-0.15, -0.1) is 0 Å². The summed E-state index contributed by atoms with van der Waals surface area (Å²) in [6, 6.07) is 16.5. The van der Waals surface area contributed by atoms with Crippen molar-refractivity contribution in [3.8, 4) is 0 Å². The van der Waals surface area contributed by atoms with Gasteiger partial charge in [-0.25, -0.2) is 0 Å². The molecular formula is C19H21ClN2O2. The first kappa shape index (κ1) is 18.0. The molecule has 4 nitrogen and oxygen atoms in total. The summed E-state index contributed by atoms with van der Waals surface area (Å²) in [6.07, 6.45) is 0.257. The van der Waals surface area contributed by atoms with Crippen LogP contribution in [0.3, 0.4) is 0 Å². The molecule has 1 N–H and O–H groups in total. The Balaban J connectivity index is 1.82. The molecule has 2 aromatic carbocycles. The predicted octanol–water partition coefficient (Wildman–Crippen LogP) is 3.68. The molecule has 24 heavy (non-hydrogen) atoms. The fourth-order valence-corrected chi connectivity index (χ4v) is 2.46. The van der Waals surface area contributed by atoms with Crippen molar-refractivity contribution < 1.29 is 9.59 Å². The van der Waals surface area contributed by atoms with Crippen LogP contribution in [0.2, 0.25) is 5.02 Å². The average Bonchev–Trinajstić information content (AvgIpc) is 2.61. The van der Waals surface area contributed by atoms with Gasteiger partial charge in [0, 0.05) is 30.6 Å². The first-order chi connectivity index (χ1) is 11.5. The monoisotopic (exact) mass is 344 g/mol. The number of benzene rings is 2. The molecule has 2 amide bonds. The molecule has 0 saturated heterocycles. The molecule has 0 aliphatic heterocycles. The predicted molar refractivity (Wildman–Crippen MR) is 96.0 cm³/mol. The highest BCUT2D eigenvalue weighted by atomic mass is 35.5. The largest absolute Gasteiger partial charge is 0.352 e. The highest BCUT2D eigenvalue weighted by Crippen LogP contribution is 2.18. The zero-order valence-corrected chi connectivity index (χ0v) is 14.6. The number of nitrogens with one attached hydrogen (secondary N) is 1. The van der Waals surface area contributed by atoms with Gasteiger partial charge in [-0.2, -0.15) is 0 Å². The van der Waals surface area contributed by atoms with E-state index in [1.165, 1.54) is 0 Å². The van der Waals surface area contributed by atoms with Gasteiger partial charge in [-0.3, -0.25) is 9.59 Å². The number of nitrogens with zero attached hydrogens (tertiary/aromatic N) is 1. The van der Waals surface area contributed by atoms with Crippen molar-refractivity contribution in [3.05, 3.63) is 70.7 Å². The maximum Gasteiger partial charge on any atom is 0.251 e. The molecule has 0 aliphatic carbocycles. The van der Waals surface area contributed by atoms with E-state index in [1.807, 2.05) is 37.3 Å². The van der Waals surface area contributed by atoms with E-state index in [2.05, 4.69) is 5.32 Å². The van der Waals surface area contributed by atoms with Crippen molar-refractivity contribution in [2.24, 2.45) is 0 Å². The maximum atomic E-state index is 12.3. The van der Waals surface area contributed by atoms with E-state index in [0.29, 0.717) is 17.1 Å². The van der Waals surface area contributed by atoms with Crippen LogP contribution >= 0.6 is 11.6 Å². The van der Waals surface area contributed by atoms with Gasteiger partial charge in [0.2, 0.25) is 5.91 Å². The van der Waals surface area contributed by atoms with Gasteiger partial charge in [-0.1, -0.05) is 41.9 Å². The minimum Gasteiger partial charge on any atom is -0.352 e. The van der Waals surface area contributed by atoms with E-state index in [-0.39, 0.29) is 24.3 Å². The zero-order valence-electron chi connectivity index (χ0n) is 13.8. The van der Waals surface area contributed by atoms with Crippen LogP contribution in [0.25, 0.3) is 0 Å². The van der Waals surface area contributed by atoms with Gasteiger partial charge in [0.25, 0.3) is 5.91 Å². The molecule has 0 fully saturated rings. The Kier molecular flexibility index (Phi) is 6.38. The minimum atomic E-state index is -0.210. The van der Waals surface area contributed by atoms with Gasteiger partial charge >= 0.3 is 0 Å². The van der Waals surface area contributed by atoms with Crippen LogP contribution in [0.15, 0.2) is 54.6 Å². The lowest BCUT2D eigenvalue weighted by Crippen LogP contribution is -2.33. The van der Waals surface area contributed by atoms with Crippen molar-refractivity contribution in [1.82, 2.24) is 10.2 Å². The molecule has 126 valence electrons. The fourth-order valence-electron chi connectivity index (χ4n) is 2.33. The van der Waals surface area contributed by atoms with E-state index >= 15 is 0 Å². The van der Waals surface area contributed by atoms with Gasteiger partial charge < -0.3 is 10.2 Å². The Morgan fingerprint density at radius 2 is 1.71 bits per heavy atom. The van der Waals surface area contributed by atoms with Crippen molar-refractivity contribution in [2.45, 2.75) is 19.4 Å². The molecule has 5 heteroatoms. The number of carbonyl (C=O) groups excluding carboxylic acids is 2. The molecule has 0 radical (unpaired) electrons. The first-order valence-corrected chi connectivity index (χ1v) is 8.21. The van der Waals surface area contributed by atoms with Crippen LogP contribution in [0.4, 0.5) is 0 Å². The molecule has 2 aromatic rings. The number of hydrogen-bond acceptors (Lipinski definition) is 2. The van der Waals surface area contributed by atoms with Crippen molar-refractivity contribution in [1.29, 1.82) is 0 Å². The van der Waals surface area contributed by atoms with Crippen LogP contribution in [0.5, 0.6) is 0 Å². The number of halogens is 1. The normalized spacial score (nSPS) is 11.6. The summed E-state index contributed by atoms with van der Waals surface area (Å²) in [4.78, 5) is 26.0. The second kappa shape index (κ2) is 8.50. The summed E-state index contributed by atoms with van der Waals surface area (Å²) >= 11 is 5.80. The second-order valence-corrected chi connectivity index (χ2v) is 6.04. The third-order valence-corrected chi connectivity index (χ3v) is 4.24. The number of hydrogen-bond donors (Lipinski definition) is 1. The molecular weight excluding hydrogens is 324 g/mol. The lowest BCUT2D eigenvalue weighted by atomic mass is 10.1. The Labute approximate surface area is 147 Å². The molecule has 0 aliphatic rings. The Morgan fingerprint density at radius 3 is 2.33 bits per heavy atom. The Bertz CT molecular complexity index is 686. The number of amides is 2. The topological polar surface area (TPSA) is 49.4 Å². The standard InChI is InChI=1S/C19H21ClN2O2/c1-14(15-6-4-3-5-7-15)22(2)18(23)12-13-21-19(24)16-8-10-17(20)11-9-16/h3-11,14H,12-13H2,1-2H3,(H,21,24)/t14-/m1/s1. The van der Waals surface area contributed by atoms with E-state index < -0.39 is 0 Å². The molecule has 0 spiro atoms. The lowest BCUT2D eigenvalue weighted by Gasteiger charge is -2.25. The Morgan fingerprint density at radius 1 is 1.08 bits per heavy atom. The third-order valence-electron chi connectivity index (χ3n) is 3.99. The molecule has 2 rings (SSSR count). The highest BCUT2D eigenvalue weighted by molar-refractivity contribution is 6.30. The van der Waals surface area contributed by atoms with E-state index in [0.717, 1.165) is 5.56 Å². The van der Waals surface area contributed by atoms with Crippen molar-refractivity contribution >= 4 is 23.4 Å². The van der Waals surface area contributed by atoms with E-state index in [1.54, 1.807) is 36.2 Å². The molecule has 0 heterocycles. The average molecular weight is 345 g/mol. The SMILES string of the molecule is C[C@H](c1ccccc1)N(C)C(=O)CCNC(=O)c1ccc(Cl)cc1. The van der Waals surface area contributed by atoms with E-state index in [4.69, 9.17) is 11.6 Å². The highest BCUT2D eigenvalue weighted by Gasteiger charge is 2.17. The summed E-state index contributed by atoms with van der Waals surface area (Å²) in [6.45, 7) is 2.28. The second-order valence-electron chi connectivity index (χ2n) is 5.60. The van der Waals surface area contributed by atoms with Crippen molar-refractivity contribution in [2.75, 3.05) is 13.6 Å². The third kappa shape index (κ3) is 4.83. The molecule has 1 atom stereocenters. The summed E-state index contributed by atoms with van der Waals surface area (Å²) in [7, 11) is 1.78. The maximum absolute atomic E-state index is 12.3. The zero-order chi connectivity index (χ0) is 17.5. The molecule has 0 bridgehead atoms. The Hall–Kier alpha value is -2.33. The van der Waals surface area contributed by atoms with E-state index in [9.17, 15) is 9.59 Å². The molecule has 0 aromatic heterocycles. The van der Waals surface area contributed by atoms with Gasteiger partial charge in [0.1, 0.15) is 0 Å². The first-order valence-electron chi connectivity index (χ1n) is 7.83. The quantitative estimate of drug-likeness (QED) is 0.869. The fraction of sp³-hybridized carbons (Fsp3) is 0.263. The number of rotatable bonds is 6. The smallest absolute Gasteiger partial charge is 0.251 e. The summed E-state index contributed by atoms with van der Waals surface area (Å²) in [5, 5.41) is 3.34. The van der Waals surface area contributed by atoms with Crippen LogP contribution in [0, 0.1) is 0 Å². The minimum absolute atomic E-state index is 0.00864. The van der Waals surface area contributed by atoms with Crippen LogP contribution in [-0.4, -0.2) is 30.3 Å². The summed E-state index contributed by atoms with van der Waals surface area (Å²) in [5.74, 6) is -0.221. The summed E-state index contributed by atoms with van der Waals surface area (Å²) < 4.78 is 0. The van der Waals surface area contributed by atoms with Gasteiger partial charge in [-0.05, 0) is 36.8 Å². The van der Waals surface area contributed by atoms with Crippen LogP contribution in [0.1, 0.15) is 35.3 Å². The van der Waals surface area contributed by atoms with Crippen LogP contribution in [-0.2, 0) is 4.79 Å². The van der Waals surface area contributed by atoms with Crippen molar-refractivity contribution in [3.63, 3.8) is 0 Å². The van der Waals surface area contributed by atoms with Gasteiger partial charge in [0.15, 0.2) is 0 Å².